The summed E-state index contributed by atoms with van der Waals surface area (Å²) in [7, 11) is -3.44. The third kappa shape index (κ3) is 3.92. The van der Waals surface area contributed by atoms with Crippen LogP contribution in [0.15, 0.2) is 15.6 Å². The number of carbonyl (C=O) groups excluding carboxylic acids is 1. The zero-order valence-electron chi connectivity index (χ0n) is 17.6. The summed E-state index contributed by atoms with van der Waals surface area (Å²) in [5.74, 6) is 0.996. The maximum Gasteiger partial charge on any atom is 0.259 e. The van der Waals surface area contributed by atoms with E-state index in [4.69, 9.17) is 9.51 Å². The molecule has 2 aliphatic heterocycles. The molecule has 4 rings (SSSR count). The topological polar surface area (TPSA) is 110 Å². The molecule has 4 heterocycles. The average molecular weight is 434 g/mol. The van der Waals surface area contributed by atoms with Gasteiger partial charge in [0.15, 0.2) is 9.84 Å². The van der Waals surface area contributed by atoms with Crippen molar-refractivity contribution < 1.29 is 17.7 Å². The molecule has 0 bridgehead atoms. The van der Waals surface area contributed by atoms with Crippen LogP contribution in [0.5, 0.6) is 0 Å². The Kier molecular flexibility index (Phi) is 5.52. The first-order valence-corrected chi connectivity index (χ1v) is 12.2. The highest BCUT2D eigenvalue weighted by molar-refractivity contribution is 7.90. The first kappa shape index (κ1) is 20.8. The fourth-order valence-corrected chi connectivity index (χ4v) is 5.16. The average Bonchev–Trinajstić information content (AvgIpc) is 3.37. The quantitative estimate of drug-likeness (QED) is 0.721. The van der Waals surface area contributed by atoms with Crippen LogP contribution < -0.4 is 4.90 Å². The molecule has 0 aromatic carbocycles. The lowest BCUT2D eigenvalue weighted by atomic mass is 9.92. The molecule has 10 heteroatoms. The van der Waals surface area contributed by atoms with Gasteiger partial charge in [-0.3, -0.25) is 4.79 Å². The van der Waals surface area contributed by atoms with E-state index in [1.807, 2.05) is 0 Å². The monoisotopic (exact) mass is 433 g/mol. The molecule has 2 aromatic heterocycles. The Morgan fingerprint density at radius 3 is 2.37 bits per heavy atom. The molecular formula is C20H27N5O4S. The van der Waals surface area contributed by atoms with Gasteiger partial charge in [0.2, 0.25) is 5.95 Å². The summed E-state index contributed by atoms with van der Waals surface area (Å²) < 4.78 is 29.8. The van der Waals surface area contributed by atoms with Crippen LogP contribution in [-0.4, -0.2) is 66.8 Å². The van der Waals surface area contributed by atoms with E-state index < -0.39 is 9.84 Å². The van der Waals surface area contributed by atoms with Crippen LogP contribution in [0.4, 0.5) is 5.95 Å². The molecule has 0 N–H and O–H groups in total. The molecule has 162 valence electrons. The normalized spacial score (nSPS) is 18.2. The van der Waals surface area contributed by atoms with E-state index in [-0.39, 0.29) is 16.7 Å². The van der Waals surface area contributed by atoms with Crippen LogP contribution in [-0.2, 0) is 9.84 Å². The van der Waals surface area contributed by atoms with E-state index in [1.165, 1.54) is 12.5 Å². The van der Waals surface area contributed by atoms with Crippen molar-refractivity contribution in [3.8, 4) is 0 Å². The number of rotatable bonds is 4. The number of anilines is 1. The molecule has 9 nitrogen and oxygen atoms in total. The number of aryl methyl sites for hydroxylation is 2. The standard InChI is InChI=1S/C20H27N5O4S/c1-13-17(14(2)29-23-13)19(26)24-10-6-15(7-11-24)18-16(30(3,27)28)12-21-20(22-18)25-8-4-5-9-25/h12,15H,4-11H2,1-3H3. The minimum absolute atomic E-state index is 0.0344. The van der Waals surface area contributed by atoms with Crippen molar-refractivity contribution in [2.75, 3.05) is 37.3 Å². The summed E-state index contributed by atoms with van der Waals surface area (Å²) in [6.07, 6.45) is 6.12. The molecule has 0 aliphatic carbocycles. The third-order valence-corrected chi connectivity index (χ3v) is 7.09. The van der Waals surface area contributed by atoms with E-state index in [2.05, 4.69) is 15.0 Å². The van der Waals surface area contributed by atoms with Gasteiger partial charge >= 0.3 is 0 Å². The number of hydrogen-bond acceptors (Lipinski definition) is 8. The molecule has 0 unspecified atom stereocenters. The Labute approximate surface area is 176 Å². The van der Waals surface area contributed by atoms with E-state index in [0.717, 1.165) is 25.9 Å². The predicted molar refractivity (Wildman–Crippen MR) is 110 cm³/mol. The maximum absolute atomic E-state index is 12.9. The largest absolute Gasteiger partial charge is 0.361 e. The number of amides is 1. The number of hydrogen-bond donors (Lipinski definition) is 0. The molecule has 2 saturated heterocycles. The van der Waals surface area contributed by atoms with Gasteiger partial charge in [-0.15, -0.1) is 0 Å². The summed E-state index contributed by atoms with van der Waals surface area (Å²) >= 11 is 0. The molecule has 30 heavy (non-hydrogen) atoms. The van der Waals surface area contributed by atoms with Crippen molar-refractivity contribution in [3.05, 3.63) is 28.9 Å². The Morgan fingerprint density at radius 2 is 1.80 bits per heavy atom. The Hall–Kier alpha value is -2.49. The van der Waals surface area contributed by atoms with E-state index in [9.17, 15) is 13.2 Å². The Balaban J connectivity index is 1.56. The Bertz CT molecular complexity index is 1030. The van der Waals surface area contributed by atoms with Gasteiger partial charge in [-0.1, -0.05) is 5.16 Å². The van der Waals surface area contributed by atoms with Crippen LogP contribution >= 0.6 is 0 Å². The van der Waals surface area contributed by atoms with Crippen LogP contribution in [0.3, 0.4) is 0 Å². The lowest BCUT2D eigenvalue weighted by molar-refractivity contribution is 0.0709. The van der Waals surface area contributed by atoms with Crippen molar-refractivity contribution in [1.29, 1.82) is 0 Å². The van der Waals surface area contributed by atoms with E-state index in [0.29, 0.717) is 54.6 Å². The Morgan fingerprint density at radius 1 is 1.13 bits per heavy atom. The van der Waals surface area contributed by atoms with E-state index in [1.54, 1.807) is 18.7 Å². The highest BCUT2D eigenvalue weighted by Gasteiger charge is 2.32. The number of carbonyl (C=O) groups is 1. The van der Waals surface area contributed by atoms with Crippen LogP contribution in [0.25, 0.3) is 0 Å². The van der Waals surface area contributed by atoms with Gasteiger partial charge in [-0.05, 0) is 39.5 Å². The highest BCUT2D eigenvalue weighted by atomic mass is 32.2. The number of piperidine rings is 1. The summed E-state index contributed by atoms with van der Waals surface area (Å²) in [6.45, 7) is 6.33. The molecule has 2 aliphatic rings. The zero-order valence-corrected chi connectivity index (χ0v) is 18.4. The second-order valence-corrected chi connectivity index (χ2v) is 10.1. The summed E-state index contributed by atoms with van der Waals surface area (Å²) in [5.41, 5.74) is 1.69. The minimum Gasteiger partial charge on any atom is -0.361 e. The molecule has 0 atom stereocenters. The summed E-state index contributed by atoms with van der Waals surface area (Å²) in [4.78, 5) is 26.0. The van der Waals surface area contributed by atoms with Gasteiger partial charge in [0.25, 0.3) is 5.91 Å². The second-order valence-electron chi connectivity index (χ2n) is 8.15. The van der Waals surface area contributed by atoms with Crippen molar-refractivity contribution in [1.82, 2.24) is 20.0 Å². The molecule has 1 amide bonds. The lowest BCUT2D eigenvalue weighted by Crippen LogP contribution is -2.38. The van der Waals surface area contributed by atoms with Gasteiger partial charge in [0, 0.05) is 38.4 Å². The fraction of sp³-hybridized carbons (Fsp3) is 0.600. The minimum atomic E-state index is -3.44. The van der Waals surface area contributed by atoms with Gasteiger partial charge in [0.05, 0.1) is 17.6 Å². The van der Waals surface area contributed by atoms with Crippen molar-refractivity contribution in [2.24, 2.45) is 0 Å². The highest BCUT2D eigenvalue weighted by Crippen LogP contribution is 2.33. The van der Waals surface area contributed by atoms with Crippen LogP contribution in [0, 0.1) is 13.8 Å². The summed E-state index contributed by atoms with van der Waals surface area (Å²) in [5, 5.41) is 3.87. The fourth-order valence-electron chi connectivity index (χ4n) is 4.32. The van der Waals surface area contributed by atoms with Crippen molar-refractivity contribution in [3.63, 3.8) is 0 Å². The zero-order chi connectivity index (χ0) is 21.5. The molecule has 0 saturated carbocycles. The predicted octanol–water partition coefficient (Wildman–Crippen LogP) is 2.10. The third-order valence-electron chi connectivity index (χ3n) is 5.97. The molecule has 2 fully saturated rings. The number of aromatic nitrogens is 3. The molecule has 2 aromatic rings. The molecule has 0 spiro atoms. The SMILES string of the molecule is Cc1noc(C)c1C(=O)N1CCC(c2nc(N3CCCC3)ncc2S(C)(=O)=O)CC1. The first-order valence-electron chi connectivity index (χ1n) is 10.3. The van der Waals surface area contributed by atoms with Gasteiger partial charge in [-0.25, -0.2) is 18.4 Å². The van der Waals surface area contributed by atoms with Gasteiger partial charge < -0.3 is 14.3 Å². The second kappa shape index (κ2) is 7.98. The lowest BCUT2D eigenvalue weighted by Gasteiger charge is -2.32. The maximum atomic E-state index is 12.9. The number of likely N-dealkylation sites (tertiary alicyclic amines) is 1. The number of sulfone groups is 1. The molecular weight excluding hydrogens is 406 g/mol. The van der Waals surface area contributed by atoms with Crippen molar-refractivity contribution in [2.45, 2.75) is 50.3 Å². The van der Waals surface area contributed by atoms with Gasteiger partial charge in [0.1, 0.15) is 16.2 Å². The van der Waals surface area contributed by atoms with Gasteiger partial charge in [-0.2, -0.15) is 0 Å². The molecule has 0 radical (unpaired) electrons. The van der Waals surface area contributed by atoms with E-state index >= 15 is 0 Å². The summed E-state index contributed by atoms with van der Waals surface area (Å²) in [6, 6.07) is 0. The first-order chi connectivity index (χ1) is 14.3. The smallest absolute Gasteiger partial charge is 0.259 e. The van der Waals surface area contributed by atoms with Crippen LogP contribution in [0.2, 0.25) is 0 Å². The van der Waals surface area contributed by atoms with Crippen molar-refractivity contribution >= 4 is 21.7 Å². The van der Waals surface area contributed by atoms with Crippen LogP contribution in [0.1, 0.15) is 59.1 Å². The number of nitrogens with zero attached hydrogens (tertiary/aromatic N) is 5.